The van der Waals surface area contributed by atoms with Gasteiger partial charge in [-0.15, -0.1) is 0 Å². The monoisotopic (exact) mass is 471 g/mol. The van der Waals surface area contributed by atoms with Crippen LogP contribution >= 0.6 is 0 Å². The van der Waals surface area contributed by atoms with Crippen molar-refractivity contribution in [2.75, 3.05) is 13.2 Å². The van der Waals surface area contributed by atoms with Crippen molar-refractivity contribution >= 4 is 21.8 Å². The molecule has 2 fully saturated rings. The quantitative estimate of drug-likeness (QED) is 0.489. The van der Waals surface area contributed by atoms with Gasteiger partial charge in [-0.3, -0.25) is 9.59 Å². The van der Waals surface area contributed by atoms with Gasteiger partial charge in [0.15, 0.2) is 0 Å². The van der Waals surface area contributed by atoms with Crippen molar-refractivity contribution in [3.63, 3.8) is 0 Å². The van der Waals surface area contributed by atoms with Gasteiger partial charge in [0.25, 0.3) is 5.91 Å². The zero-order valence-corrected chi connectivity index (χ0v) is 19.1. The summed E-state index contributed by atoms with van der Waals surface area (Å²) in [6, 6.07) is 14.7. The average Bonchev–Trinajstić information content (AvgIpc) is 3.47. The van der Waals surface area contributed by atoms with Gasteiger partial charge in [-0.2, -0.15) is 0 Å². The second-order valence-corrected chi connectivity index (χ2v) is 10.3. The Hall–Kier alpha value is -2.75. The van der Waals surface area contributed by atoms with Crippen molar-refractivity contribution in [3.05, 3.63) is 65.7 Å². The van der Waals surface area contributed by atoms with Gasteiger partial charge in [-0.1, -0.05) is 36.4 Å². The van der Waals surface area contributed by atoms with Crippen molar-refractivity contribution in [3.8, 4) is 0 Å². The van der Waals surface area contributed by atoms with E-state index in [1.54, 1.807) is 0 Å². The lowest BCUT2D eigenvalue weighted by atomic mass is 10.0. The second kappa shape index (κ2) is 10.5. The van der Waals surface area contributed by atoms with Crippen molar-refractivity contribution in [2.45, 2.75) is 55.2 Å². The topological polar surface area (TPSA) is 114 Å². The first-order chi connectivity index (χ1) is 15.9. The summed E-state index contributed by atoms with van der Waals surface area (Å²) < 4.78 is 33.4. The number of ether oxygens (including phenoxy) is 1. The summed E-state index contributed by atoms with van der Waals surface area (Å²) in [6.45, 7) is 0.833. The first-order valence-corrected chi connectivity index (χ1v) is 12.8. The fraction of sp³-hybridized carbons (Fsp3) is 0.417. The fourth-order valence-electron chi connectivity index (χ4n) is 3.73. The fourth-order valence-corrected chi connectivity index (χ4v) is 4.84. The Morgan fingerprint density at radius 2 is 1.82 bits per heavy atom. The summed E-state index contributed by atoms with van der Waals surface area (Å²) in [5.74, 6) is -0.741. The van der Waals surface area contributed by atoms with E-state index in [2.05, 4.69) is 15.4 Å². The van der Waals surface area contributed by atoms with E-state index in [0.717, 1.165) is 31.2 Å². The van der Waals surface area contributed by atoms with Crippen molar-refractivity contribution in [1.82, 2.24) is 15.4 Å². The van der Waals surface area contributed by atoms with E-state index in [4.69, 9.17) is 4.74 Å². The van der Waals surface area contributed by atoms with Crippen LogP contribution in [0.25, 0.3) is 0 Å². The number of hydrogen-bond donors (Lipinski definition) is 3. The summed E-state index contributed by atoms with van der Waals surface area (Å²) in [5.41, 5.74) is 1.09. The van der Waals surface area contributed by atoms with Crippen LogP contribution in [0.4, 0.5) is 0 Å². The Kier molecular flexibility index (Phi) is 7.42. The van der Waals surface area contributed by atoms with Gasteiger partial charge in [-0.05, 0) is 49.4 Å². The van der Waals surface area contributed by atoms with E-state index in [0.29, 0.717) is 13.0 Å². The summed E-state index contributed by atoms with van der Waals surface area (Å²) in [7, 11) is -3.79. The van der Waals surface area contributed by atoms with Gasteiger partial charge >= 0.3 is 0 Å². The highest BCUT2D eigenvalue weighted by Crippen LogP contribution is 2.19. The third kappa shape index (κ3) is 6.63. The molecule has 1 saturated carbocycles. The van der Waals surface area contributed by atoms with Gasteiger partial charge in [0.05, 0.1) is 11.0 Å². The molecule has 9 heteroatoms. The van der Waals surface area contributed by atoms with E-state index in [9.17, 15) is 18.0 Å². The van der Waals surface area contributed by atoms with Crippen LogP contribution in [-0.4, -0.2) is 51.6 Å². The molecule has 2 aliphatic rings. The van der Waals surface area contributed by atoms with E-state index in [1.807, 2.05) is 30.3 Å². The molecule has 33 heavy (non-hydrogen) atoms. The molecule has 2 aromatic carbocycles. The lowest BCUT2D eigenvalue weighted by Gasteiger charge is -2.19. The predicted molar refractivity (Wildman–Crippen MR) is 123 cm³/mol. The molecule has 176 valence electrons. The number of nitrogens with one attached hydrogen (secondary N) is 3. The zero-order chi connectivity index (χ0) is 23.3. The summed E-state index contributed by atoms with van der Waals surface area (Å²) in [6.07, 6.45) is 3.83. The third-order valence-electron chi connectivity index (χ3n) is 5.76. The molecule has 2 aromatic rings. The van der Waals surface area contributed by atoms with E-state index in [-0.39, 0.29) is 35.1 Å². The number of rotatable bonds is 10. The van der Waals surface area contributed by atoms with Crippen LogP contribution < -0.4 is 15.4 Å². The van der Waals surface area contributed by atoms with Crippen LogP contribution in [0, 0.1) is 0 Å². The molecule has 1 saturated heterocycles. The largest absolute Gasteiger partial charge is 0.377 e. The highest BCUT2D eigenvalue weighted by Gasteiger charge is 2.29. The maximum absolute atomic E-state index is 13.0. The normalized spacial score (nSPS) is 19.1. The standard InChI is InChI=1S/C24H29N3O5S/c28-23(27-22(24(29)26-19-11-12-19)14-17-6-2-1-3-7-17)18-8-4-10-21(15-18)33(30,31)25-16-20-9-5-13-32-20/h1-4,6-8,10,15,19-20,22,25H,5,9,11-14,16H2,(H,26,29)(H,27,28). The summed E-state index contributed by atoms with van der Waals surface area (Å²) in [5, 5.41) is 5.72. The molecule has 2 atom stereocenters. The number of carbonyl (C=O) groups is 2. The SMILES string of the molecule is O=C(NC(Cc1ccccc1)C(=O)NC1CC1)c1cccc(S(=O)(=O)NCC2CCCO2)c1. The Bertz CT molecular complexity index is 1080. The molecule has 0 radical (unpaired) electrons. The van der Waals surface area contributed by atoms with Crippen LogP contribution in [0.2, 0.25) is 0 Å². The number of amides is 2. The molecule has 0 spiro atoms. The second-order valence-electron chi connectivity index (χ2n) is 8.51. The molecule has 8 nitrogen and oxygen atoms in total. The summed E-state index contributed by atoms with van der Waals surface area (Å²) >= 11 is 0. The third-order valence-corrected chi connectivity index (χ3v) is 7.18. The molecule has 3 N–H and O–H groups in total. The molecule has 2 unspecified atom stereocenters. The van der Waals surface area contributed by atoms with Crippen LogP contribution in [0.3, 0.4) is 0 Å². The predicted octanol–water partition coefficient (Wildman–Crippen LogP) is 1.76. The summed E-state index contributed by atoms with van der Waals surface area (Å²) in [4.78, 5) is 25.7. The van der Waals surface area contributed by atoms with Gasteiger partial charge in [0, 0.05) is 31.2 Å². The van der Waals surface area contributed by atoms with Gasteiger partial charge in [-0.25, -0.2) is 13.1 Å². The molecule has 4 rings (SSSR count). The molecule has 2 amide bonds. The van der Waals surface area contributed by atoms with E-state index < -0.39 is 22.0 Å². The lowest BCUT2D eigenvalue weighted by molar-refractivity contribution is -0.123. The van der Waals surface area contributed by atoms with Crippen LogP contribution in [0.15, 0.2) is 59.5 Å². The zero-order valence-electron chi connectivity index (χ0n) is 18.3. The van der Waals surface area contributed by atoms with Crippen LogP contribution in [0.5, 0.6) is 0 Å². The van der Waals surface area contributed by atoms with Gasteiger partial charge < -0.3 is 15.4 Å². The number of benzene rings is 2. The molecule has 1 aliphatic carbocycles. The smallest absolute Gasteiger partial charge is 0.251 e. The Morgan fingerprint density at radius 3 is 2.52 bits per heavy atom. The number of sulfonamides is 1. The molecular formula is C24H29N3O5S. The highest BCUT2D eigenvalue weighted by molar-refractivity contribution is 7.89. The Morgan fingerprint density at radius 1 is 1.03 bits per heavy atom. The Labute approximate surface area is 194 Å². The van der Waals surface area contributed by atoms with Crippen LogP contribution in [-0.2, 0) is 26.0 Å². The molecule has 0 aromatic heterocycles. The van der Waals surface area contributed by atoms with E-state index in [1.165, 1.54) is 24.3 Å². The average molecular weight is 472 g/mol. The van der Waals surface area contributed by atoms with Crippen LogP contribution in [0.1, 0.15) is 41.6 Å². The lowest BCUT2D eigenvalue weighted by Crippen LogP contribution is -2.48. The number of hydrogen-bond acceptors (Lipinski definition) is 5. The first kappa shape index (κ1) is 23.4. The molecule has 1 aliphatic heterocycles. The molecule has 0 bridgehead atoms. The Balaban J connectivity index is 1.45. The first-order valence-electron chi connectivity index (χ1n) is 11.3. The minimum absolute atomic E-state index is 0.00446. The van der Waals surface area contributed by atoms with Crippen molar-refractivity contribution in [1.29, 1.82) is 0 Å². The highest BCUT2D eigenvalue weighted by atomic mass is 32.2. The maximum Gasteiger partial charge on any atom is 0.251 e. The van der Waals surface area contributed by atoms with Gasteiger partial charge in [0.2, 0.25) is 15.9 Å². The van der Waals surface area contributed by atoms with Gasteiger partial charge in [0.1, 0.15) is 6.04 Å². The number of carbonyl (C=O) groups excluding carboxylic acids is 2. The van der Waals surface area contributed by atoms with E-state index >= 15 is 0 Å². The minimum Gasteiger partial charge on any atom is -0.377 e. The molecular weight excluding hydrogens is 442 g/mol. The minimum atomic E-state index is -3.79. The maximum atomic E-state index is 13.0. The molecule has 1 heterocycles. The van der Waals surface area contributed by atoms with Crippen molar-refractivity contribution in [2.24, 2.45) is 0 Å². The van der Waals surface area contributed by atoms with Crippen molar-refractivity contribution < 1.29 is 22.7 Å².